The fraction of sp³-hybridized carbons (Fsp3) is 0.111. The first-order chi connectivity index (χ1) is 12.2. The van der Waals surface area contributed by atoms with E-state index in [1.807, 2.05) is 48.8 Å². The lowest BCUT2D eigenvalue weighted by molar-refractivity contribution is 0.0935. The molecule has 1 amide bonds. The number of benzene rings is 1. The van der Waals surface area contributed by atoms with Crippen LogP contribution in [-0.4, -0.2) is 25.3 Å². The van der Waals surface area contributed by atoms with Crippen LogP contribution in [0.3, 0.4) is 0 Å². The van der Waals surface area contributed by atoms with Crippen LogP contribution in [0, 0.1) is 0 Å². The van der Waals surface area contributed by atoms with Crippen LogP contribution in [0.25, 0.3) is 17.0 Å². The van der Waals surface area contributed by atoms with Gasteiger partial charge in [0.1, 0.15) is 10.7 Å². The quantitative estimate of drug-likeness (QED) is 0.613. The van der Waals surface area contributed by atoms with E-state index in [2.05, 4.69) is 20.3 Å². The van der Waals surface area contributed by atoms with Crippen LogP contribution in [0.4, 0.5) is 0 Å². The molecule has 0 spiro atoms. The summed E-state index contributed by atoms with van der Waals surface area (Å²) in [6.45, 7) is 1.92. The first-order valence-corrected chi connectivity index (χ1v) is 8.70. The topological polar surface area (TPSA) is 72.2 Å². The van der Waals surface area contributed by atoms with Gasteiger partial charge >= 0.3 is 0 Å². The van der Waals surface area contributed by atoms with Gasteiger partial charge in [-0.2, -0.15) is 0 Å². The van der Waals surface area contributed by atoms with Crippen LogP contribution in [0.15, 0.2) is 60.4 Å². The van der Waals surface area contributed by atoms with E-state index < -0.39 is 0 Å². The average molecular weight is 349 g/mol. The zero-order valence-corrected chi connectivity index (χ0v) is 14.3. The molecule has 6 nitrogen and oxygen atoms in total. The van der Waals surface area contributed by atoms with E-state index >= 15 is 0 Å². The van der Waals surface area contributed by atoms with E-state index in [0.717, 1.165) is 16.3 Å². The van der Waals surface area contributed by atoms with Gasteiger partial charge < -0.3 is 5.32 Å². The third-order valence-electron chi connectivity index (χ3n) is 3.78. The largest absolute Gasteiger partial charge is 0.342 e. The molecule has 1 unspecified atom stereocenters. The number of carbonyl (C=O) groups is 1. The predicted molar refractivity (Wildman–Crippen MR) is 96.4 cm³/mol. The van der Waals surface area contributed by atoms with Crippen LogP contribution in [0.5, 0.6) is 0 Å². The Morgan fingerprint density at radius 1 is 1.20 bits per heavy atom. The number of thiazole rings is 1. The van der Waals surface area contributed by atoms with Gasteiger partial charge in [0.15, 0.2) is 0 Å². The molecule has 0 aliphatic heterocycles. The molecule has 0 radical (unpaired) electrons. The van der Waals surface area contributed by atoms with Gasteiger partial charge in [-0.25, -0.2) is 15.0 Å². The zero-order chi connectivity index (χ0) is 17.2. The molecule has 0 saturated heterocycles. The molecule has 1 atom stereocenters. The monoisotopic (exact) mass is 349 g/mol. The van der Waals surface area contributed by atoms with E-state index in [1.54, 1.807) is 22.9 Å². The molecule has 4 rings (SSSR count). The second-order valence-electron chi connectivity index (χ2n) is 5.59. The van der Waals surface area contributed by atoms with Gasteiger partial charge in [-0.05, 0) is 13.0 Å². The number of carbonyl (C=O) groups excluding carboxylic acids is 1. The average Bonchev–Trinajstić information content (AvgIpc) is 3.29. The fourth-order valence-corrected chi connectivity index (χ4v) is 3.33. The normalized spacial score (nSPS) is 12.2. The Labute approximate surface area is 148 Å². The predicted octanol–water partition coefficient (Wildman–Crippen LogP) is 3.34. The summed E-state index contributed by atoms with van der Waals surface area (Å²) in [6, 6.07) is 11.6. The minimum absolute atomic E-state index is 0.201. The molecular weight excluding hydrogens is 334 g/mol. The van der Waals surface area contributed by atoms with Crippen molar-refractivity contribution in [2.45, 2.75) is 13.0 Å². The molecule has 4 aromatic rings. The fourth-order valence-electron chi connectivity index (χ4n) is 2.50. The minimum atomic E-state index is -0.241. The standard InChI is InChI=1S/C18H15N5OS/c1-12(17-21-15(11-25-17)13-6-3-2-4-7-13)20-16(24)14-10-23-9-5-8-19-18(23)22-14/h2-12H,1H3,(H,20,24). The summed E-state index contributed by atoms with van der Waals surface area (Å²) in [5.74, 6) is 0.260. The van der Waals surface area contributed by atoms with Crippen molar-refractivity contribution < 1.29 is 4.79 Å². The van der Waals surface area contributed by atoms with Crippen LogP contribution in [0.2, 0.25) is 0 Å². The van der Waals surface area contributed by atoms with E-state index in [4.69, 9.17) is 0 Å². The minimum Gasteiger partial charge on any atom is -0.342 e. The molecule has 1 N–H and O–H groups in total. The Morgan fingerprint density at radius 3 is 2.84 bits per heavy atom. The Bertz CT molecular complexity index is 991. The van der Waals surface area contributed by atoms with Crippen molar-refractivity contribution in [3.8, 4) is 11.3 Å². The van der Waals surface area contributed by atoms with Crippen molar-refractivity contribution in [2.75, 3.05) is 0 Å². The van der Waals surface area contributed by atoms with Gasteiger partial charge in [-0.1, -0.05) is 30.3 Å². The van der Waals surface area contributed by atoms with Crippen molar-refractivity contribution in [1.82, 2.24) is 24.7 Å². The van der Waals surface area contributed by atoms with Crippen molar-refractivity contribution in [3.05, 3.63) is 71.1 Å². The number of hydrogen-bond donors (Lipinski definition) is 1. The molecule has 0 aliphatic carbocycles. The molecule has 0 aliphatic rings. The maximum absolute atomic E-state index is 12.4. The zero-order valence-electron chi connectivity index (χ0n) is 13.5. The van der Waals surface area contributed by atoms with Gasteiger partial charge in [0.05, 0.1) is 11.7 Å². The van der Waals surface area contributed by atoms with Gasteiger partial charge in [0, 0.05) is 29.5 Å². The van der Waals surface area contributed by atoms with Gasteiger partial charge in [-0.3, -0.25) is 9.20 Å². The summed E-state index contributed by atoms with van der Waals surface area (Å²) in [6.07, 6.45) is 5.12. The van der Waals surface area contributed by atoms with Crippen LogP contribution in [-0.2, 0) is 0 Å². The van der Waals surface area contributed by atoms with Gasteiger partial charge in [0.25, 0.3) is 5.91 Å². The number of hydrogen-bond acceptors (Lipinski definition) is 5. The lowest BCUT2D eigenvalue weighted by Gasteiger charge is -2.09. The third kappa shape index (κ3) is 3.14. The summed E-state index contributed by atoms with van der Waals surface area (Å²) in [7, 11) is 0. The third-order valence-corrected chi connectivity index (χ3v) is 4.81. The van der Waals surface area contributed by atoms with Crippen molar-refractivity contribution in [2.24, 2.45) is 0 Å². The van der Waals surface area contributed by atoms with E-state index in [1.165, 1.54) is 11.3 Å². The smallest absolute Gasteiger partial charge is 0.272 e. The number of imidazole rings is 1. The molecular formula is C18H15N5OS. The van der Waals surface area contributed by atoms with E-state index in [0.29, 0.717) is 11.5 Å². The second kappa shape index (κ2) is 6.45. The number of nitrogens with zero attached hydrogens (tertiary/aromatic N) is 4. The molecule has 124 valence electrons. The summed E-state index contributed by atoms with van der Waals surface area (Å²) >= 11 is 1.53. The van der Waals surface area contributed by atoms with Crippen LogP contribution < -0.4 is 5.32 Å². The highest BCUT2D eigenvalue weighted by atomic mass is 32.1. The van der Waals surface area contributed by atoms with Crippen LogP contribution >= 0.6 is 11.3 Å². The SMILES string of the molecule is CC(NC(=O)c1cn2cccnc2n1)c1nc(-c2ccccc2)cs1. The molecule has 0 fully saturated rings. The molecule has 0 bridgehead atoms. The lowest BCUT2D eigenvalue weighted by Crippen LogP contribution is -2.26. The van der Waals surface area contributed by atoms with Gasteiger partial charge in [0.2, 0.25) is 5.78 Å². The molecule has 1 aromatic carbocycles. The lowest BCUT2D eigenvalue weighted by atomic mass is 10.2. The van der Waals surface area contributed by atoms with Gasteiger partial charge in [-0.15, -0.1) is 11.3 Å². The van der Waals surface area contributed by atoms with E-state index in [-0.39, 0.29) is 11.9 Å². The number of rotatable bonds is 4. The summed E-state index contributed by atoms with van der Waals surface area (Å²) in [4.78, 5) is 25.4. The highest BCUT2D eigenvalue weighted by Gasteiger charge is 2.17. The first kappa shape index (κ1) is 15.5. The number of aromatic nitrogens is 4. The van der Waals surface area contributed by atoms with Crippen molar-refractivity contribution in [1.29, 1.82) is 0 Å². The number of amides is 1. The summed E-state index contributed by atoms with van der Waals surface area (Å²) in [5.41, 5.74) is 2.32. The maximum Gasteiger partial charge on any atom is 0.272 e. The van der Waals surface area contributed by atoms with Crippen LogP contribution in [0.1, 0.15) is 28.5 Å². The van der Waals surface area contributed by atoms with Crippen molar-refractivity contribution in [3.63, 3.8) is 0 Å². The Kier molecular flexibility index (Phi) is 3.99. The Balaban J connectivity index is 1.50. The number of fused-ring (bicyclic) bond motifs is 1. The molecule has 3 aromatic heterocycles. The first-order valence-electron chi connectivity index (χ1n) is 7.82. The summed E-state index contributed by atoms with van der Waals surface area (Å²) < 4.78 is 1.72. The van der Waals surface area contributed by atoms with Crippen molar-refractivity contribution >= 4 is 23.0 Å². The molecule has 25 heavy (non-hydrogen) atoms. The highest BCUT2D eigenvalue weighted by molar-refractivity contribution is 7.10. The molecule has 7 heteroatoms. The summed E-state index contributed by atoms with van der Waals surface area (Å²) in [5, 5.41) is 5.80. The second-order valence-corrected chi connectivity index (χ2v) is 6.47. The highest BCUT2D eigenvalue weighted by Crippen LogP contribution is 2.25. The maximum atomic E-state index is 12.4. The number of nitrogens with one attached hydrogen (secondary N) is 1. The Hall–Kier alpha value is -3.06. The molecule has 0 saturated carbocycles. The van der Waals surface area contributed by atoms with E-state index in [9.17, 15) is 4.79 Å². The molecule has 3 heterocycles. The Morgan fingerprint density at radius 2 is 2.04 bits per heavy atom.